The number of carbonyl (C=O) groups is 1. The van der Waals surface area contributed by atoms with E-state index in [0.717, 1.165) is 39.0 Å². The predicted octanol–water partition coefficient (Wildman–Crippen LogP) is 0.764. The highest BCUT2D eigenvalue weighted by molar-refractivity contribution is 7.80. The van der Waals surface area contributed by atoms with Crippen LogP contribution in [0.15, 0.2) is 0 Å². The van der Waals surface area contributed by atoms with Crippen molar-refractivity contribution in [2.75, 3.05) is 33.3 Å². The maximum atomic E-state index is 12.4. The van der Waals surface area contributed by atoms with Gasteiger partial charge in [-0.25, -0.2) is 0 Å². The minimum Gasteiger partial charge on any atom is -0.392 e. The van der Waals surface area contributed by atoms with E-state index in [-0.39, 0.29) is 17.6 Å². The average molecular weight is 299 g/mol. The lowest BCUT2D eigenvalue weighted by atomic mass is 9.77. The van der Waals surface area contributed by atoms with E-state index in [4.69, 9.17) is 22.7 Å². The van der Waals surface area contributed by atoms with Crippen molar-refractivity contribution in [2.45, 2.75) is 44.2 Å². The summed E-state index contributed by atoms with van der Waals surface area (Å²) in [5.41, 5.74) is 5.50. The maximum absolute atomic E-state index is 12.4. The molecule has 0 aromatic carbocycles. The second-order valence-electron chi connectivity index (χ2n) is 5.91. The van der Waals surface area contributed by atoms with Crippen molar-refractivity contribution in [2.24, 2.45) is 5.73 Å². The summed E-state index contributed by atoms with van der Waals surface area (Å²) in [6.07, 6.45) is 3.70. The van der Waals surface area contributed by atoms with E-state index in [1.54, 1.807) is 7.11 Å². The van der Waals surface area contributed by atoms with E-state index in [9.17, 15) is 4.79 Å². The van der Waals surface area contributed by atoms with Gasteiger partial charge in [0.1, 0.15) is 0 Å². The highest BCUT2D eigenvalue weighted by Crippen LogP contribution is 2.38. The molecule has 1 atom stereocenters. The molecule has 0 aromatic rings. The van der Waals surface area contributed by atoms with Gasteiger partial charge in [-0.15, -0.1) is 0 Å². The van der Waals surface area contributed by atoms with E-state index in [0.29, 0.717) is 11.4 Å². The van der Waals surface area contributed by atoms with Gasteiger partial charge >= 0.3 is 0 Å². The number of nitrogens with two attached hydrogens (primary N) is 1. The third-order valence-electron chi connectivity index (χ3n) is 4.80. The van der Waals surface area contributed by atoms with Crippen LogP contribution >= 0.6 is 12.2 Å². The summed E-state index contributed by atoms with van der Waals surface area (Å²) >= 11 is 5.03. The zero-order valence-corrected chi connectivity index (χ0v) is 13.2. The molecule has 1 aliphatic carbocycles. The molecular weight excluding hydrogens is 274 g/mol. The fourth-order valence-corrected chi connectivity index (χ4v) is 3.10. The molecule has 1 unspecified atom stereocenters. The molecule has 6 heteroatoms. The Labute approximate surface area is 126 Å². The monoisotopic (exact) mass is 299 g/mol. The summed E-state index contributed by atoms with van der Waals surface area (Å²) < 4.78 is 5.53. The lowest BCUT2D eigenvalue weighted by Gasteiger charge is -2.43. The van der Waals surface area contributed by atoms with Crippen molar-refractivity contribution < 1.29 is 9.53 Å². The quantitative estimate of drug-likeness (QED) is 0.760. The number of hydrogen-bond donors (Lipinski definition) is 1. The van der Waals surface area contributed by atoms with Gasteiger partial charge in [-0.2, -0.15) is 0 Å². The molecule has 0 spiro atoms. The van der Waals surface area contributed by atoms with Gasteiger partial charge in [-0.05, 0) is 26.2 Å². The lowest BCUT2D eigenvalue weighted by molar-refractivity contribution is -0.145. The lowest BCUT2D eigenvalue weighted by Crippen LogP contribution is -2.55. The van der Waals surface area contributed by atoms with Gasteiger partial charge in [-0.3, -0.25) is 9.69 Å². The second-order valence-corrected chi connectivity index (χ2v) is 6.38. The van der Waals surface area contributed by atoms with Crippen LogP contribution in [0.1, 0.15) is 32.6 Å². The minimum absolute atomic E-state index is 0.110. The molecule has 1 saturated carbocycles. The topological polar surface area (TPSA) is 58.8 Å². The number of hydrogen-bond acceptors (Lipinski definition) is 4. The largest absolute Gasteiger partial charge is 0.392 e. The molecule has 114 valence electrons. The summed E-state index contributed by atoms with van der Waals surface area (Å²) in [5.74, 6) is 0.217. The van der Waals surface area contributed by atoms with Crippen molar-refractivity contribution >= 4 is 23.1 Å². The van der Waals surface area contributed by atoms with Gasteiger partial charge in [0.15, 0.2) is 0 Å². The molecule has 1 amide bonds. The molecule has 2 fully saturated rings. The molecule has 2 rings (SSSR count). The van der Waals surface area contributed by atoms with Crippen LogP contribution in [-0.2, 0) is 9.53 Å². The summed E-state index contributed by atoms with van der Waals surface area (Å²) in [6, 6.07) is 0.110. The fourth-order valence-electron chi connectivity index (χ4n) is 2.95. The summed E-state index contributed by atoms with van der Waals surface area (Å²) in [6.45, 7) is 5.21. The third kappa shape index (κ3) is 3.30. The Morgan fingerprint density at radius 2 is 1.95 bits per heavy atom. The van der Waals surface area contributed by atoms with Gasteiger partial charge < -0.3 is 15.4 Å². The van der Waals surface area contributed by atoms with E-state index < -0.39 is 0 Å². The van der Waals surface area contributed by atoms with E-state index in [1.807, 2.05) is 11.8 Å². The van der Waals surface area contributed by atoms with Crippen LogP contribution in [0.5, 0.6) is 0 Å². The Hall–Kier alpha value is -0.720. The van der Waals surface area contributed by atoms with Gasteiger partial charge in [0.05, 0.1) is 23.1 Å². The highest BCUT2D eigenvalue weighted by Gasteiger charge is 2.40. The Bertz CT molecular complexity index is 371. The van der Waals surface area contributed by atoms with Crippen molar-refractivity contribution in [3.8, 4) is 0 Å². The first-order valence-corrected chi connectivity index (χ1v) is 7.74. The van der Waals surface area contributed by atoms with Gasteiger partial charge in [-0.1, -0.05) is 12.2 Å². The Balaban J connectivity index is 1.81. The number of rotatable bonds is 5. The predicted molar refractivity (Wildman–Crippen MR) is 82.6 cm³/mol. The van der Waals surface area contributed by atoms with Crippen LogP contribution < -0.4 is 5.73 Å². The number of amides is 1. The van der Waals surface area contributed by atoms with Crippen LogP contribution in [0, 0.1) is 0 Å². The Kier molecular flexibility index (Phi) is 4.99. The van der Waals surface area contributed by atoms with Crippen molar-refractivity contribution in [3.05, 3.63) is 0 Å². The SMILES string of the molecule is COC1(CC(=O)N2CCN(C(C)C(N)=S)CC2)CCC1. The van der Waals surface area contributed by atoms with Crippen LogP contribution in [0.3, 0.4) is 0 Å². The number of nitrogens with zero attached hydrogens (tertiary/aromatic N) is 2. The smallest absolute Gasteiger partial charge is 0.225 e. The molecule has 0 bridgehead atoms. The molecule has 0 aromatic heterocycles. The van der Waals surface area contributed by atoms with Crippen molar-refractivity contribution in [1.29, 1.82) is 0 Å². The van der Waals surface area contributed by atoms with Gasteiger partial charge in [0.25, 0.3) is 0 Å². The normalized spacial score (nSPS) is 24.0. The average Bonchev–Trinajstić information content (AvgIpc) is 2.42. The second kappa shape index (κ2) is 6.37. The van der Waals surface area contributed by atoms with Crippen molar-refractivity contribution in [3.63, 3.8) is 0 Å². The summed E-state index contributed by atoms with van der Waals surface area (Å²) in [5, 5.41) is 0. The van der Waals surface area contributed by atoms with Gasteiger partial charge in [0, 0.05) is 33.3 Å². The molecule has 0 radical (unpaired) electrons. The molecule has 1 heterocycles. The molecule has 20 heavy (non-hydrogen) atoms. The first-order valence-electron chi connectivity index (χ1n) is 7.34. The van der Waals surface area contributed by atoms with Crippen LogP contribution in [0.2, 0.25) is 0 Å². The molecule has 1 saturated heterocycles. The van der Waals surface area contributed by atoms with E-state index in [2.05, 4.69) is 4.90 Å². The molecule has 1 aliphatic heterocycles. The summed E-state index contributed by atoms with van der Waals surface area (Å²) in [7, 11) is 1.72. The molecule has 2 aliphatic rings. The zero-order chi connectivity index (χ0) is 14.8. The standard InChI is InChI=1S/C14H25N3O2S/c1-11(13(15)20)16-6-8-17(9-7-16)12(18)10-14(19-2)4-3-5-14/h11H,3-10H2,1-2H3,(H2,15,20). The fraction of sp³-hybridized carbons (Fsp3) is 0.857. The number of ether oxygens (including phenoxy) is 1. The highest BCUT2D eigenvalue weighted by atomic mass is 32.1. The Morgan fingerprint density at radius 3 is 2.35 bits per heavy atom. The zero-order valence-electron chi connectivity index (χ0n) is 12.4. The first kappa shape index (κ1) is 15.7. The van der Waals surface area contributed by atoms with Crippen LogP contribution in [0.4, 0.5) is 0 Å². The Morgan fingerprint density at radius 1 is 1.35 bits per heavy atom. The number of piperazine rings is 1. The molecular formula is C14H25N3O2S. The number of thiocarbonyl (C=S) groups is 1. The van der Waals surface area contributed by atoms with Crippen LogP contribution in [-0.4, -0.2) is 65.6 Å². The maximum Gasteiger partial charge on any atom is 0.225 e. The van der Waals surface area contributed by atoms with Crippen LogP contribution in [0.25, 0.3) is 0 Å². The van der Waals surface area contributed by atoms with Gasteiger partial charge in [0.2, 0.25) is 5.91 Å². The number of carbonyl (C=O) groups excluding carboxylic acids is 1. The summed E-state index contributed by atoms with van der Waals surface area (Å²) in [4.78, 5) is 17.1. The first-order chi connectivity index (χ1) is 9.47. The van der Waals surface area contributed by atoms with E-state index in [1.165, 1.54) is 6.42 Å². The molecule has 2 N–H and O–H groups in total. The third-order valence-corrected chi connectivity index (χ3v) is 5.14. The van der Waals surface area contributed by atoms with E-state index >= 15 is 0 Å². The molecule has 5 nitrogen and oxygen atoms in total. The minimum atomic E-state index is -0.180. The number of methoxy groups -OCH3 is 1. The van der Waals surface area contributed by atoms with Crippen molar-refractivity contribution in [1.82, 2.24) is 9.80 Å².